The van der Waals surface area contributed by atoms with Crippen molar-refractivity contribution in [3.63, 3.8) is 0 Å². The van der Waals surface area contributed by atoms with E-state index in [1.54, 1.807) is 0 Å². The highest BCUT2D eigenvalue weighted by Crippen LogP contribution is 2.51. The van der Waals surface area contributed by atoms with Gasteiger partial charge in [-0.1, -0.05) is 0 Å². The number of aromatic nitrogens is 2. The van der Waals surface area contributed by atoms with Crippen molar-refractivity contribution in [3.8, 4) is 0 Å². The molecule has 12 N–H and O–H groups in total. The van der Waals surface area contributed by atoms with Gasteiger partial charge in [0.2, 0.25) is 0 Å². The largest absolute Gasteiger partial charge is 0.477 e. The first kappa shape index (κ1) is 30.4. The Balaban J connectivity index is 1.74. The van der Waals surface area contributed by atoms with E-state index >= 15 is 0 Å². The smallest absolute Gasteiger partial charge is 0.475 e. The molecule has 19 nitrogen and oxygen atoms in total. The number of aliphatic hydroxyl groups is 6. The topological polar surface area (TPSA) is 320 Å². The third-order valence-electron chi connectivity index (χ3n) is 6.00. The normalized spacial score (nSPS) is 36.9. The number of nitrogens with zero attached hydrogens (tertiary/aromatic N) is 2. The van der Waals surface area contributed by atoms with Gasteiger partial charge in [0.1, 0.15) is 42.4 Å². The molecule has 216 valence electrons. The van der Waals surface area contributed by atoms with E-state index in [2.05, 4.69) is 4.98 Å². The lowest BCUT2D eigenvalue weighted by atomic mass is 9.89. The summed E-state index contributed by atoms with van der Waals surface area (Å²) in [5, 5.41) is 69.3. The number of aliphatic hydroxyl groups excluding tert-OH is 6. The summed E-state index contributed by atoms with van der Waals surface area (Å²) in [4.78, 5) is 37.7. The minimum absolute atomic E-state index is 0.124. The van der Waals surface area contributed by atoms with Gasteiger partial charge in [0.25, 0.3) is 5.79 Å². The van der Waals surface area contributed by atoms with Crippen LogP contribution in [0.2, 0.25) is 0 Å². The quantitative estimate of drug-likeness (QED) is 0.117. The zero-order valence-corrected chi connectivity index (χ0v) is 20.3. The molecule has 0 aromatic carbocycles. The Morgan fingerprint density at radius 1 is 1.32 bits per heavy atom. The van der Waals surface area contributed by atoms with Gasteiger partial charge in [-0.2, -0.15) is 4.98 Å². The first-order chi connectivity index (χ1) is 17.6. The molecular weight excluding hydrogens is 543 g/mol. The summed E-state index contributed by atoms with van der Waals surface area (Å²) >= 11 is 0. The number of nitrogen functional groups attached to an aromatic ring is 1. The van der Waals surface area contributed by atoms with Gasteiger partial charge < -0.3 is 61.6 Å². The van der Waals surface area contributed by atoms with E-state index in [1.165, 1.54) is 6.07 Å². The van der Waals surface area contributed by atoms with E-state index in [4.69, 9.17) is 35.1 Å². The molecule has 0 bridgehead atoms. The number of carboxylic acid groups (broad SMARTS) is 1. The third kappa shape index (κ3) is 6.20. The Labute approximate surface area is 213 Å². The number of carboxylic acids is 1. The predicted octanol–water partition coefficient (Wildman–Crippen LogP) is -5.45. The van der Waals surface area contributed by atoms with Crippen LogP contribution in [0.25, 0.3) is 0 Å². The predicted molar refractivity (Wildman–Crippen MR) is 119 cm³/mol. The number of carbonyl (C=O) groups is 1. The standard InChI is InChI=1S/C18H29N4O15P/c19-9-1-2-22(17(31)21-9)15-13(28)12(27)8(35-15)5-34-38(32,33)37-18(16(29)30)3-6(24)10(20)14(36-18)11(26)7(25)4-23/h1-2,6-8,10-15,23-28H,3-5,20H2,(H,29,30)(H,32,33)(H2,19,21,31)/t6-,7+,8+,10+,11+,12+,13+,14+,15+,18+/m0/s1. The molecule has 1 unspecified atom stereocenters. The van der Waals surface area contributed by atoms with Crippen LogP contribution >= 0.6 is 7.82 Å². The second kappa shape index (κ2) is 11.6. The number of anilines is 1. The summed E-state index contributed by atoms with van der Waals surface area (Å²) in [5.74, 6) is -5.29. The van der Waals surface area contributed by atoms with Crippen molar-refractivity contribution in [3.05, 3.63) is 22.7 Å². The lowest BCUT2D eigenvalue weighted by Gasteiger charge is -2.45. The Morgan fingerprint density at radius 3 is 2.55 bits per heavy atom. The Hall–Kier alpha value is -2.10. The Kier molecular flexibility index (Phi) is 9.26. The zero-order valence-electron chi connectivity index (χ0n) is 19.4. The summed E-state index contributed by atoms with van der Waals surface area (Å²) in [5.41, 5.74) is 10.2. The first-order valence-corrected chi connectivity index (χ1v) is 12.5. The van der Waals surface area contributed by atoms with Gasteiger partial charge in [-0.15, -0.1) is 0 Å². The highest BCUT2D eigenvalue weighted by atomic mass is 31.2. The van der Waals surface area contributed by atoms with Crippen LogP contribution in [0.3, 0.4) is 0 Å². The molecule has 3 heterocycles. The molecule has 2 aliphatic rings. The zero-order chi connectivity index (χ0) is 28.6. The second-order valence-electron chi connectivity index (χ2n) is 8.67. The van der Waals surface area contributed by atoms with E-state index in [-0.39, 0.29) is 5.82 Å². The number of phosphoric ester groups is 1. The molecule has 2 saturated heterocycles. The number of nitrogens with two attached hydrogens (primary N) is 2. The minimum Gasteiger partial charge on any atom is -0.477 e. The van der Waals surface area contributed by atoms with Gasteiger partial charge in [-0.25, -0.2) is 18.7 Å². The number of hydrogen-bond acceptors (Lipinski definition) is 16. The lowest BCUT2D eigenvalue weighted by molar-refractivity contribution is -0.286. The summed E-state index contributed by atoms with van der Waals surface area (Å²) in [6.07, 6.45) is -14.0. The maximum absolute atomic E-state index is 12.7. The average Bonchev–Trinajstić information content (AvgIpc) is 3.12. The molecule has 1 aromatic heterocycles. The molecule has 2 fully saturated rings. The molecule has 0 aliphatic carbocycles. The fourth-order valence-corrected chi connectivity index (χ4v) is 4.89. The van der Waals surface area contributed by atoms with Gasteiger partial charge in [0, 0.05) is 12.6 Å². The van der Waals surface area contributed by atoms with Crippen LogP contribution in [0, 0.1) is 0 Å². The maximum atomic E-state index is 12.7. The monoisotopic (exact) mass is 572 g/mol. The maximum Gasteiger partial charge on any atom is 0.475 e. The molecule has 0 amide bonds. The van der Waals surface area contributed by atoms with Crippen LogP contribution in [0.1, 0.15) is 12.6 Å². The average molecular weight is 572 g/mol. The molecule has 3 rings (SSSR count). The van der Waals surface area contributed by atoms with E-state index in [1.807, 2.05) is 0 Å². The highest BCUT2D eigenvalue weighted by molar-refractivity contribution is 7.47. The number of phosphoric acid groups is 1. The second-order valence-corrected chi connectivity index (χ2v) is 10.1. The SMILES string of the molecule is Nc1ccn([C@@H]2O[C@H](COP(=O)(O)O[C@@]3(C(=O)O)C[C@H](O)[C@@H](N)[C@H]([C@H](O)[C@H](O)CO)O3)[C@@H](O)[C@H]2O)c(=O)n1. The van der Waals surface area contributed by atoms with Crippen LogP contribution in [0.15, 0.2) is 17.1 Å². The van der Waals surface area contributed by atoms with E-state index < -0.39 is 99.9 Å². The van der Waals surface area contributed by atoms with Crippen LogP contribution < -0.4 is 17.2 Å². The van der Waals surface area contributed by atoms with Crippen LogP contribution in [-0.4, -0.2) is 124 Å². The number of hydrogen-bond donors (Lipinski definition) is 10. The van der Waals surface area contributed by atoms with E-state index in [0.29, 0.717) is 0 Å². The third-order valence-corrected chi connectivity index (χ3v) is 7.00. The van der Waals surface area contributed by atoms with Crippen molar-refractivity contribution in [1.82, 2.24) is 9.55 Å². The molecule has 2 aliphatic heterocycles. The van der Waals surface area contributed by atoms with Gasteiger partial charge in [-0.3, -0.25) is 9.09 Å². The first-order valence-electron chi connectivity index (χ1n) is 11.0. The van der Waals surface area contributed by atoms with Crippen molar-refractivity contribution in [2.75, 3.05) is 18.9 Å². The van der Waals surface area contributed by atoms with Crippen molar-refractivity contribution in [2.45, 2.75) is 67.2 Å². The number of aliphatic carboxylic acids is 1. The van der Waals surface area contributed by atoms with E-state index in [0.717, 1.165) is 10.8 Å². The molecular formula is C18H29N4O15P. The van der Waals surface area contributed by atoms with Crippen LogP contribution in [0.5, 0.6) is 0 Å². The summed E-state index contributed by atoms with van der Waals surface area (Å²) in [7, 11) is -5.44. The highest BCUT2D eigenvalue weighted by Gasteiger charge is 2.58. The fraction of sp³-hybridized carbons (Fsp3) is 0.722. The summed E-state index contributed by atoms with van der Waals surface area (Å²) in [6.45, 7) is -1.98. The van der Waals surface area contributed by atoms with Crippen LogP contribution in [0.4, 0.5) is 5.82 Å². The van der Waals surface area contributed by atoms with E-state index in [9.17, 15) is 49.7 Å². The fourth-order valence-electron chi connectivity index (χ4n) is 3.93. The molecule has 0 spiro atoms. The van der Waals surface area contributed by atoms with Gasteiger partial charge >= 0.3 is 19.5 Å². The Morgan fingerprint density at radius 2 is 1.97 bits per heavy atom. The van der Waals surface area contributed by atoms with Gasteiger partial charge in [0.15, 0.2) is 6.23 Å². The van der Waals surface area contributed by atoms with Gasteiger partial charge in [0.05, 0.1) is 25.4 Å². The number of ether oxygens (including phenoxy) is 2. The minimum atomic E-state index is -5.44. The van der Waals surface area contributed by atoms with Crippen molar-refractivity contribution in [2.24, 2.45) is 5.73 Å². The summed E-state index contributed by atoms with van der Waals surface area (Å²) in [6, 6.07) is -0.295. The molecule has 0 radical (unpaired) electrons. The molecule has 11 atom stereocenters. The molecule has 0 saturated carbocycles. The molecule has 1 aromatic rings. The molecule has 38 heavy (non-hydrogen) atoms. The van der Waals surface area contributed by atoms with Crippen molar-refractivity contribution >= 4 is 19.6 Å². The summed E-state index contributed by atoms with van der Waals surface area (Å²) < 4.78 is 33.4. The van der Waals surface area contributed by atoms with Crippen molar-refractivity contribution in [1.29, 1.82) is 0 Å². The molecule has 20 heteroatoms. The lowest BCUT2D eigenvalue weighted by Crippen LogP contribution is -2.66. The van der Waals surface area contributed by atoms with Gasteiger partial charge in [-0.05, 0) is 6.07 Å². The van der Waals surface area contributed by atoms with Crippen molar-refractivity contribution < 1.29 is 68.5 Å². The number of rotatable bonds is 10. The Bertz CT molecular complexity index is 1110. The van der Waals surface area contributed by atoms with Crippen LogP contribution in [-0.2, 0) is 27.9 Å².